The Morgan fingerprint density at radius 2 is 1.60 bits per heavy atom. The molecule has 0 bridgehead atoms. The molecule has 0 radical (unpaired) electrons. The van der Waals surface area contributed by atoms with E-state index in [-0.39, 0.29) is 11.8 Å². The van der Waals surface area contributed by atoms with Crippen molar-refractivity contribution < 1.29 is 9.36 Å². The smallest absolute Gasteiger partial charge is 0.258 e. The van der Waals surface area contributed by atoms with Gasteiger partial charge in [0.1, 0.15) is 23.9 Å². The predicted octanol–water partition coefficient (Wildman–Crippen LogP) is 4.25. The average Bonchev–Trinajstić information content (AvgIpc) is 3.37. The first-order valence-electron chi connectivity index (χ1n) is 10.9. The van der Waals surface area contributed by atoms with E-state index in [1.807, 2.05) is 36.4 Å². The Hall–Kier alpha value is -2.88. The molecule has 2 atom stereocenters. The van der Waals surface area contributed by atoms with E-state index in [9.17, 15) is 4.79 Å². The Kier molecular flexibility index (Phi) is 5.50. The lowest BCUT2D eigenvalue weighted by atomic mass is 9.64. The summed E-state index contributed by atoms with van der Waals surface area (Å²) in [4.78, 5) is 13.2. The first-order chi connectivity index (χ1) is 14.5. The number of hydrogen-bond donors (Lipinski definition) is 1. The van der Waals surface area contributed by atoms with Crippen molar-refractivity contribution in [1.29, 1.82) is 0 Å². The van der Waals surface area contributed by atoms with Crippen molar-refractivity contribution in [2.45, 2.75) is 50.5 Å². The van der Waals surface area contributed by atoms with Crippen LogP contribution in [0.2, 0.25) is 0 Å². The summed E-state index contributed by atoms with van der Waals surface area (Å²) >= 11 is 0. The summed E-state index contributed by atoms with van der Waals surface area (Å²) in [5, 5.41) is 0. The van der Waals surface area contributed by atoms with Crippen molar-refractivity contribution in [3.05, 3.63) is 90.0 Å². The third-order valence-corrected chi connectivity index (χ3v) is 6.85. The molecule has 4 heteroatoms. The van der Waals surface area contributed by atoms with Crippen LogP contribution in [0.15, 0.2) is 73.1 Å². The predicted molar refractivity (Wildman–Crippen MR) is 119 cm³/mol. The van der Waals surface area contributed by atoms with E-state index in [1.165, 1.54) is 5.82 Å². The normalized spacial score (nSPS) is 19.3. The topological polar surface area (TPSA) is 51.9 Å². The summed E-state index contributed by atoms with van der Waals surface area (Å²) in [7, 11) is 2.11. The van der Waals surface area contributed by atoms with Gasteiger partial charge in [0.2, 0.25) is 5.91 Å². The van der Waals surface area contributed by atoms with E-state index >= 15 is 0 Å². The fraction of sp³-hybridized carbons (Fsp3) is 0.385. The first kappa shape index (κ1) is 20.4. The monoisotopic (exact) mass is 402 g/mol. The van der Waals surface area contributed by atoms with Gasteiger partial charge in [-0.25, -0.2) is 9.13 Å². The lowest BCUT2D eigenvalue weighted by Gasteiger charge is -2.37. The Labute approximate surface area is 179 Å². The number of aryl methyl sites for hydroxylation is 1. The van der Waals surface area contributed by atoms with Crippen LogP contribution in [0.1, 0.15) is 62.0 Å². The standard InChI is InChI=1S/C26H31N3O/c1-19(2)24-28(3)16-17-29(24)23-15-14-22(18-23)26(25(27)30,20-10-6-4-7-11-20)21-12-8-5-9-13-21/h4-13,16-17,19,22-23H,14-15,18H2,1-3H3,(H-,27,30)/p+1. The number of carbonyl (C=O) groups is 1. The summed E-state index contributed by atoms with van der Waals surface area (Å²) in [6.07, 6.45) is 7.28. The number of benzene rings is 2. The maximum Gasteiger partial charge on any atom is 0.258 e. The molecule has 30 heavy (non-hydrogen) atoms. The van der Waals surface area contributed by atoms with Gasteiger partial charge in [-0.2, -0.15) is 0 Å². The molecule has 2 unspecified atom stereocenters. The van der Waals surface area contributed by atoms with Crippen LogP contribution in [0.3, 0.4) is 0 Å². The Morgan fingerprint density at radius 1 is 1.03 bits per heavy atom. The fourth-order valence-corrected chi connectivity index (χ4v) is 5.65. The van der Waals surface area contributed by atoms with Crippen LogP contribution in [0.25, 0.3) is 0 Å². The summed E-state index contributed by atoms with van der Waals surface area (Å²) in [6.45, 7) is 4.47. The van der Waals surface area contributed by atoms with Gasteiger partial charge in [-0.3, -0.25) is 4.79 Å². The molecule has 1 fully saturated rings. The minimum Gasteiger partial charge on any atom is -0.369 e. The number of nitrogens with two attached hydrogens (primary N) is 1. The van der Waals surface area contributed by atoms with Crippen molar-refractivity contribution in [3.8, 4) is 0 Å². The van der Waals surface area contributed by atoms with Crippen LogP contribution in [-0.4, -0.2) is 10.5 Å². The number of primary amides is 1. The summed E-state index contributed by atoms with van der Waals surface area (Å²) in [6, 6.07) is 20.6. The zero-order chi connectivity index (χ0) is 21.3. The highest BCUT2D eigenvalue weighted by Gasteiger charge is 2.51. The van der Waals surface area contributed by atoms with Gasteiger partial charge in [0, 0.05) is 0 Å². The van der Waals surface area contributed by atoms with Crippen LogP contribution in [0.4, 0.5) is 0 Å². The number of carbonyl (C=O) groups excluding carboxylic acids is 1. The van der Waals surface area contributed by atoms with Crippen LogP contribution in [-0.2, 0) is 17.3 Å². The molecule has 2 N–H and O–H groups in total. The second-order valence-corrected chi connectivity index (χ2v) is 8.90. The molecule has 3 aromatic rings. The highest BCUT2D eigenvalue weighted by molar-refractivity contribution is 5.91. The average molecular weight is 403 g/mol. The van der Waals surface area contributed by atoms with Gasteiger partial charge in [-0.15, -0.1) is 0 Å². The van der Waals surface area contributed by atoms with Gasteiger partial charge >= 0.3 is 0 Å². The van der Waals surface area contributed by atoms with Gasteiger partial charge in [0.15, 0.2) is 0 Å². The summed E-state index contributed by atoms with van der Waals surface area (Å²) < 4.78 is 4.64. The second kappa shape index (κ2) is 8.10. The van der Waals surface area contributed by atoms with Crippen molar-refractivity contribution in [2.75, 3.05) is 0 Å². The zero-order valence-corrected chi connectivity index (χ0v) is 18.2. The second-order valence-electron chi connectivity index (χ2n) is 8.90. The fourth-order valence-electron chi connectivity index (χ4n) is 5.65. The van der Waals surface area contributed by atoms with Crippen molar-refractivity contribution >= 4 is 5.91 Å². The highest BCUT2D eigenvalue weighted by atomic mass is 16.1. The largest absolute Gasteiger partial charge is 0.369 e. The van der Waals surface area contributed by atoms with Gasteiger partial charge in [0.05, 0.1) is 13.0 Å². The minimum atomic E-state index is -0.815. The summed E-state index contributed by atoms with van der Waals surface area (Å²) in [5.74, 6) is 1.66. The molecule has 156 valence electrons. The quantitative estimate of drug-likeness (QED) is 0.616. The van der Waals surface area contributed by atoms with E-state index < -0.39 is 5.41 Å². The highest BCUT2D eigenvalue weighted by Crippen LogP contribution is 2.50. The molecule has 1 aromatic heterocycles. The SMILES string of the molecule is CC(C)c1n(C2CCC(C(C(N)=O)(c3ccccc3)c3ccccc3)C2)cc[n+]1C. The number of hydrogen-bond acceptors (Lipinski definition) is 1. The van der Waals surface area contributed by atoms with E-state index in [0.717, 1.165) is 30.4 Å². The molecule has 1 saturated carbocycles. The van der Waals surface area contributed by atoms with Crippen molar-refractivity contribution in [1.82, 2.24) is 4.57 Å². The van der Waals surface area contributed by atoms with Crippen LogP contribution in [0.5, 0.6) is 0 Å². The molecule has 4 nitrogen and oxygen atoms in total. The number of imidazole rings is 1. The minimum absolute atomic E-state index is 0.150. The number of rotatable bonds is 6. The maximum atomic E-state index is 13.2. The first-order valence-corrected chi connectivity index (χ1v) is 10.9. The molecule has 1 amide bonds. The summed E-state index contributed by atoms with van der Waals surface area (Å²) in [5.41, 5.74) is 7.41. The maximum absolute atomic E-state index is 13.2. The van der Waals surface area contributed by atoms with Crippen molar-refractivity contribution in [2.24, 2.45) is 18.7 Å². The number of nitrogens with zero attached hydrogens (tertiary/aromatic N) is 2. The number of amides is 1. The Bertz CT molecular complexity index is 968. The van der Waals surface area contributed by atoms with Gasteiger partial charge in [-0.1, -0.05) is 74.5 Å². The molecule has 0 spiro atoms. The lowest BCUT2D eigenvalue weighted by molar-refractivity contribution is -0.680. The van der Waals surface area contributed by atoms with E-state index in [2.05, 4.69) is 66.7 Å². The Balaban J connectivity index is 1.79. The molecule has 2 aromatic carbocycles. The van der Waals surface area contributed by atoms with E-state index in [4.69, 9.17) is 5.73 Å². The third kappa shape index (κ3) is 3.24. The molecular formula is C26H32N3O+. The van der Waals surface area contributed by atoms with Crippen molar-refractivity contribution in [3.63, 3.8) is 0 Å². The lowest BCUT2D eigenvalue weighted by Crippen LogP contribution is -2.47. The van der Waals surface area contributed by atoms with Gasteiger partial charge in [-0.05, 0) is 36.3 Å². The van der Waals surface area contributed by atoms with Gasteiger partial charge in [0.25, 0.3) is 5.82 Å². The third-order valence-electron chi connectivity index (χ3n) is 6.85. The Morgan fingerprint density at radius 3 is 2.10 bits per heavy atom. The molecule has 0 aliphatic heterocycles. The molecule has 1 aliphatic rings. The van der Waals surface area contributed by atoms with Crippen LogP contribution in [0, 0.1) is 5.92 Å². The van der Waals surface area contributed by atoms with Crippen LogP contribution < -0.4 is 10.3 Å². The zero-order valence-electron chi connectivity index (χ0n) is 18.2. The molecule has 4 rings (SSSR count). The van der Waals surface area contributed by atoms with E-state index in [1.54, 1.807) is 0 Å². The molecular weight excluding hydrogens is 370 g/mol. The number of aromatic nitrogens is 2. The molecule has 1 heterocycles. The molecule has 0 saturated heterocycles. The van der Waals surface area contributed by atoms with Crippen LogP contribution >= 0.6 is 0 Å². The van der Waals surface area contributed by atoms with E-state index in [0.29, 0.717) is 12.0 Å². The molecule has 1 aliphatic carbocycles. The van der Waals surface area contributed by atoms with Gasteiger partial charge < -0.3 is 5.73 Å².